The molecule has 0 saturated carbocycles. The largest absolute Gasteiger partial charge is 0.379 e. The second-order valence-electron chi connectivity index (χ2n) is 5.86. The topological polar surface area (TPSA) is 24.5 Å². The molecule has 1 heterocycles. The Morgan fingerprint density at radius 2 is 2.25 bits per heavy atom. The fourth-order valence-electron chi connectivity index (χ4n) is 2.40. The van der Waals surface area contributed by atoms with Crippen LogP contribution in [-0.2, 0) is 17.8 Å². The SMILES string of the molecule is CC(C)NCc1ccc(F)c(CN2CCOCC2C)c1. The van der Waals surface area contributed by atoms with Crippen molar-refractivity contribution >= 4 is 0 Å². The van der Waals surface area contributed by atoms with Gasteiger partial charge in [0, 0.05) is 37.3 Å². The van der Waals surface area contributed by atoms with Gasteiger partial charge in [0.25, 0.3) is 0 Å². The number of hydrogen-bond acceptors (Lipinski definition) is 3. The van der Waals surface area contributed by atoms with E-state index in [-0.39, 0.29) is 5.82 Å². The molecule has 1 aromatic carbocycles. The van der Waals surface area contributed by atoms with E-state index in [1.165, 1.54) is 0 Å². The van der Waals surface area contributed by atoms with Gasteiger partial charge in [-0.15, -0.1) is 0 Å². The van der Waals surface area contributed by atoms with Gasteiger partial charge >= 0.3 is 0 Å². The van der Waals surface area contributed by atoms with Gasteiger partial charge in [0.2, 0.25) is 0 Å². The summed E-state index contributed by atoms with van der Waals surface area (Å²) in [5.74, 6) is -0.114. The third-order valence-corrected chi connectivity index (χ3v) is 3.70. The minimum Gasteiger partial charge on any atom is -0.379 e. The lowest BCUT2D eigenvalue weighted by molar-refractivity contribution is -0.00481. The van der Waals surface area contributed by atoms with Crippen LogP contribution in [0.25, 0.3) is 0 Å². The zero-order valence-electron chi connectivity index (χ0n) is 12.7. The number of morpholine rings is 1. The number of halogens is 1. The van der Waals surface area contributed by atoms with E-state index in [1.54, 1.807) is 6.07 Å². The Bertz CT molecular complexity index is 436. The van der Waals surface area contributed by atoms with Gasteiger partial charge < -0.3 is 10.1 Å². The van der Waals surface area contributed by atoms with Crippen molar-refractivity contribution in [1.29, 1.82) is 0 Å². The highest BCUT2D eigenvalue weighted by Gasteiger charge is 2.20. The van der Waals surface area contributed by atoms with Crippen LogP contribution in [0.4, 0.5) is 4.39 Å². The van der Waals surface area contributed by atoms with E-state index < -0.39 is 0 Å². The summed E-state index contributed by atoms with van der Waals surface area (Å²) >= 11 is 0. The number of nitrogens with zero attached hydrogens (tertiary/aromatic N) is 1. The van der Waals surface area contributed by atoms with Crippen LogP contribution in [0.5, 0.6) is 0 Å². The summed E-state index contributed by atoms with van der Waals surface area (Å²) in [7, 11) is 0. The fraction of sp³-hybridized carbons (Fsp3) is 0.625. The Kier molecular flexibility index (Phi) is 5.52. The molecule has 0 amide bonds. The van der Waals surface area contributed by atoms with Crippen LogP contribution in [0.2, 0.25) is 0 Å². The first-order chi connectivity index (χ1) is 9.56. The zero-order valence-corrected chi connectivity index (χ0v) is 12.7. The van der Waals surface area contributed by atoms with E-state index in [9.17, 15) is 4.39 Å². The summed E-state index contributed by atoms with van der Waals surface area (Å²) in [5, 5.41) is 3.36. The first-order valence-corrected chi connectivity index (χ1v) is 7.38. The number of hydrogen-bond donors (Lipinski definition) is 1. The molecule has 4 heteroatoms. The molecule has 1 aliphatic rings. The van der Waals surface area contributed by atoms with Crippen molar-refractivity contribution in [3.8, 4) is 0 Å². The van der Waals surface area contributed by atoms with Gasteiger partial charge in [0.05, 0.1) is 13.2 Å². The third kappa shape index (κ3) is 4.27. The molecule has 1 aromatic rings. The van der Waals surface area contributed by atoms with Gasteiger partial charge in [-0.3, -0.25) is 4.90 Å². The van der Waals surface area contributed by atoms with Crippen molar-refractivity contribution in [2.24, 2.45) is 0 Å². The van der Waals surface area contributed by atoms with Gasteiger partial charge in [-0.2, -0.15) is 0 Å². The molecule has 112 valence electrons. The highest BCUT2D eigenvalue weighted by Crippen LogP contribution is 2.16. The number of ether oxygens (including phenoxy) is 1. The van der Waals surface area contributed by atoms with Crippen molar-refractivity contribution < 1.29 is 9.13 Å². The van der Waals surface area contributed by atoms with Crippen LogP contribution < -0.4 is 5.32 Å². The number of nitrogens with one attached hydrogen (secondary N) is 1. The van der Waals surface area contributed by atoms with E-state index in [2.05, 4.69) is 31.0 Å². The molecule has 1 fully saturated rings. The zero-order chi connectivity index (χ0) is 14.5. The molecular formula is C16H25FN2O. The molecule has 0 aliphatic carbocycles. The molecule has 20 heavy (non-hydrogen) atoms. The highest BCUT2D eigenvalue weighted by atomic mass is 19.1. The summed E-state index contributed by atoms with van der Waals surface area (Å²) in [6.07, 6.45) is 0. The van der Waals surface area contributed by atoms with Crippen molar-refractivity contribution in [1.82, 2.24) is 10.2 Å². The molecule has 0 spiro atoms. The Balaban J connectivity index is 2.04. The van der Waals surface area contributed by atoms with Gasteiger partial charge in [0.15, 0.2) is 0 Å². The monoisotopic (exact) mass is 280 g/mol. The predicted octanol–water partition coefficient (Wildman–Crippen LogP) is 2.54. The highest BCUT2D eigenvalue weighted by molar-refractivity contribution is 5.25. The van der Waals surface area contributed by atoms with E-state index in [1.807, 2.05) is 12.1 Å². The smallest absolute Gasteiger partial charge is 0.127 e. The maximum absolute atomic E-state index is 14.0. The van der Waals surface area contributed by atoms with Crippen LogP contribution in [0, 0.1) is 5.82 Å². The molecule has 1 atom stereocenters. The maximum Gasteiger partial charge on any atom is 0.127 e. The third-order valence-electron chi connectivity index (χ3n) is 3.70. The second kappa shape index (κ2) is 7.16. The first-order valence-electron chi connectivity index (χ1n) is 7.38. The van der Waals surface area contributed by atoms with E-state index in [0.717, 1.165) is 37.4 Å². The molecule has 0 aromatic heterocycles. The van der Waals surface area contributed by atoms with E-state index in [0.29, 0.717) is 18.6 Å². The summed E-state index contributed by atoms with van der Waals surface area (Å²) < 4.78 is 19.4. The van der Waals surface area contributed by atoms with Gasteiger partial charge in [-0.05, 0) is 18.6 Å². The molecule has 3 nitrogen and oxygen atoms in total. The average Bonchev–Trinajstić information content (AvgIpc) is 2.42. The van der Waals surface area contributed by atoms with Gasteiger partial charge in [-0.1, -0.05) is 26.0 Å². The lowest BCUT2D eigenvalue weighted by Gasteiger charge is -2.33. The summed E-state index contributed by atoms with van der Waals surface area (Å²) in [4.78, 5) is 2.28. The Hall–Kier alpha value is -0.970. The Labute approximate surface area is 121 Å². The molecule has 0 radical (unpaired) electrons. The van der Waals surface area contributed by atoms with Crippen LogP contribution in [0.1, 0.15) is 31.9 Å². The van der Waals surface area contributed by atoms with E-state index in [4.69, 9.17) is 4.74 Å². The average molecular weight is 280 g/mol. The van der Waals surface area contributed by atoms with Crippen LogP contribution in [-0.4, -0.2) is 36.7 Å². The minimum atomic E-state index is -0.114. The van der Waals surface area contributed by atoms with Crippen molar-refractivity contribution in [2.75, 3.05) is 19.8 Å². The fourth-order valence-corrected chi connectivity index (χ4v) is 2.40. The number of rotatable bonds is 5. The molecule has 0 bridgehead atoms. The second-order valence-corrected chi connectivity index (χ2v) is 5.86. The minimum absolute atomic E-state index is 0.114. The lowest BCUT2D eigenvalue weighted by Crippen LogP contribution is -2.43. The molecule has 1 saturated heterocycles. The van der Waals surface area contributed by atoms with Crippen LogP contribution >= 0.6 is 0 Å². The summed E-state index contributed by atoms with van der Waals surface area (Å²) in [6, 6.07) is 6.20. The van der Waals surface area contributed by atoms with E-state index >= 15 is 0 Å². The molecule has 1 unspecified atom stereocenters. The lowest BCUT2D eigenvalue weighted by atomic mass is 10.1. The molecule has 1 aliphatic heterocycles. The summed E-state index contributed by atoms with van der Waals surface area (Å²) in [6.45, 7) is 10.1. The standard InChI is InChI=1S/C16H25FN2O/c1-12(2)18-9-14-4-5-16(17)15(8-14)10-19-6-7-20-11-13(19)3/h4-5,8,12-13,18H,6-7,9-11H2,1-3H3. The first kappa shape index (κ1) is 15.4. The Morgan fingerprint density at radius 1 is 1.45 bits per heavy atom. The van der Waals surface area contributed by atoms with Crippen molar-refractivity contribution in [3.63, 3.8) is 0 Å². The Morgan fingerprint density at radius 3 is 2.95 bits per heavy atom. The molecule has 1 N–H and O–H groups in total. The van der Waals surface area contributed by atoms with Crippen LogP contribution in [0.15, 0.2) is 18.2 Å². The molecular weight excluding hydrogens is 255 g/mol. The van der Waals surface area contributed by atoms with Crippen molar-refractivity contribution in [2.45, 2.75) is 45.9 Å². The van der Waals surface area contributed by atoms with Gasteiger partial charge in [-0.25, -0.2) is 4.39 Å². The predicted molar refractivity (Wildman–Crippen MR) is 79.1 cm³/mol. The van der Waals surface area contributed by atoms with Gasteiger partial charge in [0.1, 0.15) is 5.82 Å². The quantitative estimate of drug-likeness (QED) is 0.897. The van der Waals surface area contributed by atoms with Crippen LogP contribution in [0.3, 0.4) is 0 Å². The number of benzene rings is 1. The summed E-state index contributed by atoms with van der Waals surface area (Å²) in [5.41, 5.74) is 1.91. The normalized spacial score (nSPS) is 20.6. The van der Waals surface area contributed by atoms with Crippen molar-refractivity contribution in [3.05, 3.63) is 35.1 Å². The maximum atomic E-state index is 14.0. The molecule has 2 rings (SSSR count).